The lowest BCUT2D eigenvalue weighted by molar-refractivity contribution is 0.141. The fourth-order valence-electron chi connectivity index (χ4n) is 2.43. The average molecular weight is 326 g/mol. The molecule has 0 unspecified atom stereocenters. The van der Waals surface area contributed by atoms with Gasteiger partial charge in [0.2, 0.25) is 0 Å². The SMILES string of the molecule is Cl.OCC[C@H](c1cccc(Cl)c1Cl)N1CCNCC1. The van der Waals surface area contributed by atoms with Crippen LogP contribution in [0.5, 0.6) is 0 Å². The minimum absolute atomic E-state index is 0. The van der Waals surface area contributed by atoms with Gasteiger partial charge in [-0.25, -0.2) is 0 Å². The summed E-state index contributed by atoms with van der Waals surface area (Å²) in [4.78, 5) is 2.35. The van der Waals surface area contributed by atoms with Gasteiger partial charge in [-0.05, 0) is 18.1 Å². The Balaban J connectivity index is 0.00000180. The zero-order valence-corrected chi connectivity index (χ0v) is 12.9. The van der Waals surface area contributed by atoms with Crippen molar-refractivity contribution in [2.45, 2.75) is 12.5 Å². The fraction of sp³-hybridized carbons (Fsp3) is 0.538. The molecule has 3 nitrogen and oxygen atoms in total. The van der Waals surface area contributed by atoms with Crippen molar-refractivity contribution >= 4 is 35.6 Å². The van der Waals surface area contributed by atoms with Crippen molar-refractivity contribution in [3.8, 4) is 0 Å². The summed E-state index contributed by atoms with van der Waals surface area (Å²) >= 11 is 12.4. The minimum atomic E-state index is 0. The Hall–Kier alpha value is -0.0300. The summed E-state index contributed by atoms with van der Waals surface area (Å²) in [6.07, 6.45) is 0.681. The Morgan fingerprint density at radius 1 is 1.26 bits per heavy atom. The van der Waals surface area contributed by atoms with Gasteiger partial charge in [0.25, 0.3) is 0 Å². The first-order valence-electron chi connectivity index (χ1n) is 6.23. The molecule has 1 heterocycles. The molecule has 2 N–H and O–H groups in total. The minimum Gasteiger partial charge on any atom is -0.396 e. The van der Waals surface area contributed by atoms with Crippen LogP contribution in [0.15, 0.2) is 18.2 Å². The normalized spacial score (nSPS) is 17.8. The molecule has 0 aromatic heterocycles. The highest BCUT2D eigenvalue weighted by Gasteiger charge is 2.24. The van der Waals surface area contributed by atoms with E-state index in [1.54, 1.807) is 6.07 Å². The maximum absolute atomic E-state index is 9.27. The van der Waals surface area contributed by atoms with Gasteiger partial charge < -0.3 is 10.4 Å². The number of aliphatic hydroxyl groups is 1. The van der Waals surface area contributed by atoms with Crippen molar-refractivity contribution < 1.29 is 5.11 Å². The number of rotatable bonds is 4. The van der Waals surface area contributed by atoms with Gasteiger partial charge in [-0.3, -0.25) is 4.90 Å². The van der Waals surface area contributed by atoms with E-state index in [9.17, 15) is 5.11 Å². The summed E-state index contributed by atoms with van der Waals surface area (Å²) in [6, 6.07) is 5.84. The van der Waals surface area contributed by atoms with E-state index in [1.807, 2.05) is 12.1 Å². The van der Waals surface area contributed by atoms with Crippen LogP contribution in [0.2, 0.25) is 10.0 Å². The van der Waals surface area contributed by atoms with E-state index in [0.29, 0.717) is 16.5 Å². The molecule has 0 aliphatic carbocycles. The van der Waals surface area contributed by atoms with Crippen LogP contribution in [0.3, 0.4) is 0 Å². The number of benzene rings is 1. The van der Waals surface area contributed by atoms with E-state index in [2.05, 4.69) is 10.2 Å². The molecule has 0 saturated carbocycles. The van der Waals surface area contributed by atoms with Crippen LogP contribution in [0.25, 0.3) is 0 Å². The second-order valence-electron chi connectivity index (χ2n) is 4.46. The fourth-order valence-corrected chi connectivity index (χ4v) is 2.86. The standard InChI is InChI=1S/C13H18Cl2N2O.ClH/c14-11-3-1-2-10(13(11)15)12(4-9-18)17-7-5-16-6-8-17;/h1-3,12,16,18H,4-9H2;1H/t12-;/m1./s1. The predicted molar refractivity (Wildman–Crippen MR) is 82.6 cm³/mol. The van der Waals surface area contributed by atoms with Crippen LogP contribution in [0, 0.1) is 0 Å². The Kier molecular flexibility index (Phi) is 7.44. The zero-order chi connectivity index (χ0) is 13.0. The third-order valence-electron chi connectivity index (χ3n) is 3.34. The molecule has 0 radical (unpaired) electrons. The summed E-state index contributed by atoms with van der Waals surface area (Å²) in [7, 11) is 0. The molecule has 1 saturated heterocycles. The van der Waals surface area contributed by atoms with Crippen molar-refractivity contribution in [3.05, 3.63) is 33.8 Å². The van der Waals surface area contributed by atoms with Gasteiger partial charge in [-0.2, -0.15) is 0 Å². The Labute approximate surface area is 130 Å². The van der Waals surface area contributed by atoms with Gasteiger partial charge >= 0.3 is 0 Å². The Bertz CT molecular complexity index is 397. The maximum Gasteiger partial charge on any atom is 0.0640 e. The second-order valence-corrected chi connectivity index (χ2v) is 5.24. The first-order chi connectivity index (χ1) is 8.74. The molecule has 1 aromatic carbocycles. The van der Waals surface area contributed by atoms with E-state index in [-0.39, 0.29) is 25.1 Å². The van der Waals surface area contributed by atoms with E-state index in [4.69, 9.17) is 23.2 Å². The highest BCUT2D eigenvalue weighted by atomic mass is 35.5. The molecule has 1 aliphatic rings. The molecule has 0 bridgehead atoms. The van der Waals surface area contributed by atoms with Gasteiger partial charge in [0.15, 0.2) is 0 Å². The summed E-state index contributed by atoms with van der Waals surface area (Å²) < 4.78 is 0. The Morgan fingerprint density at radius 2 is 1.95 bits per heavy atom. The lowest BCUT2D eigenvalue weighted by Crippen LogP contribution is -2.45. The predicted octanol–water partition coefficient (Wildman–Crippen LogP) is 2.74. The lowest BCUT2D eigenvalue weighted by Gasteiger charge is -2.35. The number of halogens is 3. The third-order valence-corrected chi connectivity index (χ3v) is 4.17. The molecule has 19 heavy (non-hydrogen) atoms. The van der Waals surface area contributed by atoms with Crippen molar-refractivity contribution in [1.29, 1.82) is 0 Å². The molecule has 1 aromatic rings. The van der Waals surface area contributed by atoms with Crippen molar-refractivity contribution in [3.63, 3.8) is 0 Å². The topological polar surface area (TPSA) is 35.5 Å². The van der Waals surface area contributed by atoms with Crippen LogP contribution in [-0.2, 0) is 0 Å². The van der Waals surface area contributed by atoms with Gasteiger partial charge in [-0.1, -0.05) is 35.3 Å². The van der Waals surface area contributed by atoms with Crippen LogP contribution in [0.1, 0.15) is 18.0 Å². The third kappa shape index (κ3) is 4.22. The lowest BCUT2D eigenvalue weighted by atomic mass is 10.0. The smallest absolute Gasteiger partial charge is 0.0640 e. The molecule has 1 atom stereocenters. The summed E-state index contributed by atoms with van der Waals surface area (Å²) in [6.45, 7) is 4.03. The van der Waals surface area contributed by atoms with E-state index in [0.717, 1.165) is 31.7 Å². The highest BCUT2D eigenvalue weighted by Crippen LogP contribution is 2.34. The second kappa shape index (κ2) is 8.30. The quantitative estimate of drug-likeness (QED) is 0.893. The first kappa shape index (κ1) is 17.0. The molecule has 1 fully saturated rings. The summed E-state index contributed by atoms with van der Waals surface area (Å²) in [5, 5.41) is 13.8. The number of hydrogen-bond donors (Lipinski definition) is 2. The molecule has 2 rings (SSSR count). The summed E-state index contributed by atoms with van der Waals surface area (Å²) in [5.74, 6) is 0. The largest absolute Gasteiger partial charge is 0.396 e. The van der Waals surface area contributed by atoms with Crippen molar-refractivity contribution in [1.82, 2.24) is 10.2 Å². The number of aliphatic hydroxyl groups excluding tert-OH is 1. The van der Waals surface area contributed by atoms with Gasteiger partial charge in [0.1, 0.15) is 0 Å². The van der Waals surface area contributed by atoms with E-state index >= 15 is 0 Å². The molecular weight excluding hydrogens is 307 g/mol. The number of nitrogens with zero attached hydrogens (tertiary/aromatic N) is 1. The van der Waals surface area contributed by atoms with Crippen LogP contribution in [0.4, 0.5) is 0 Å². The Morgan fingerprint density at radius 3 is 2.58 bits per heavy atom. The molecule has 108 valence electrons. The van der Waals surface area contributed by atoms with E-state index in [1.165, 1.54) is 0 Å². The molecule has 6 heteroatoms. The highest BCUT2D eigenvalue weighted by molar-refractivity contribution is 6.42. The summed E-state index contributed by atoms with van der Waals surface area (Å²) in [5.41, 5.74) is 1.01. The molecule has 0 amide bonds. The van der Waals surface area contributed by atoms with Gasteiger partial charge in [-0.15, -0.1) is 12.4 Å². The number of nitrogens with one attached hydrogen (secondary N) is 1. The monoisotopic (exact) mass is 324 g/mol. The molecular formula is C13H19Cl3N2O. The van der Waals surface area contributed by atoms with Gasteiger partial charge in [0, 0.05) is 38.8 Å². The van der Waals surface area contributed by atoms with E-state index < -0.39 is 0 Å². The number of hydrogen-bond acceptors (Lipinski definition) is 3. The van der Waals surface area contributed by atoms with Crippen LogP contribution >= 0.6 is 35.6 Å². The zero-order valence-electron chi connectivity index (χ0n) is 10.6. The average Bonchev–Trinajstić information content (AvgIpc) is 2.41. The van der Waals surface area contributed by atoms with Gasteiger partial charge in [0.05, 0.1) is 10.0 Å². The van der Waals surface area contributed by atoms with Crippen molar-refractivity contribution in [2.24, 2.45) is 0 Å². The first-order valence-corrected chi connectivity index (χ1v) is 6.99. The number of piperazine rings is 1. The van der Waals surface area contributed by atoms with Crippen LogP contribution in [-0.4, -0.2) is 42.8 Å². The molecule has 1 aliphatic heterocycles. The maximum atomic E-state index is 9.27. The van der Waals surface area contributed by atoms with Crippen LogP contribution < -0.4 is 5.32 Å². The molecule has 0 spiro atoms. The van der Waals surface area contributed by atoms with Crippen molar-refractivity contribution in [2.75, 3.05) is 32.8 Å².